The van der Waals surface area contributed by atoms with E-state index in [0.29, 0.717) is 0 Å². The molecule has 2 rings (SSSR count). The fourth-order valence-electron chi connectivity index (χ4n) is 1.84. The van der Waals surface area contributed by atoms with Gasteiger partial charge in [0.15, 0.2) is 0 Å². The molecular weight excluding hydrogens is 202 g/mol. The highest BCUT2D eigenvalue weighted by Gasteiger charge is 2.17. The van der Waals surface area contributed by atoms with Crippen molar-refractivity contribution in [1.82, 2.24) is 14.9 Å². The van der Waals surface area contributed by atoms with E-state index in [-0.39, 0.29) is 6.04 Å². The van der Waals surface area contributed by atoms with Gasteiger partial charge in [0, 0.05) is 25.9 Å². The maximum absolute atomic E-state index is 5.51. The minimum atomic E-state index is 0.177. The van der Waals surface area contributed by atoms with Crippen LogP contribution in [-0.4, -0.2) is 16.6 Å². The molecule has 1 N–H and O–H groups in total. The fraction of sp³-hybridized carbons (Fsp3) is 0.417. The number of rotatable bonds is 4. The van der Waals surface area contributed by atoms with Crippen molar-refractivity contribution in [2.24, 2.45) is 7.05 Å². The number of nitrogens with one attached hydrogen (secondary N) is 1. The largest absolute Gasteiger partial charge is 0.467 e. The number of imidazole rings is 1. The van der Waals surface area contributed by atoms with E-state index in [2.05, 4.69) is 17.2 Å². The van der Waals surface area contributed by atoms with Gasteiger partial charge in [-0.25, -0.2) is 4.98 Å². The van der Waals surface area contributed by atoms with E-state index in [4.69, 9.17) is 4.42 Å². The summed E-state index contributed by atoms with van der Waals surface area (Å²) in [6.07, 6.45) is 6.33. The zero-order chi connectivity index (χ0) is 11.5. The average Bonchev–Trinajstić information content (AvgIpc) is 2.85. The van der Waals surface area contributed by atoms with E-state index >= 15 is 0 Å². The molecule has 4 nitrogen and oxygen atoms in total. The van der Waals surface area contributed by atoms with Crippen LogP contribution in [0.4, 0.5) is 0 Å². The van der Waals surface area contributed by atoms with Gasteiger partial charge in [-0.1, -0.05) is 0 Å². The molecule has 0 bridgehead atoms. The summed E-state index contributed by atoms with van der Waals surface area (Å²) >= 11 is 0. The third-order valence-corrected chi connectivity index (χ3v) is 2.87. The molecule has 0 aliphatic heterocycles. The van der Waals surface area contributed by atoms with Crippen molar-refractivity contribution in [1.29, 1.82) is 0 Å². The molecule has 0 aliphatic carbocycles. The van der Waals surface area contributed by atoms with Crippen LogP contribution in [0.2, 0.25) is 0 Å². The molecule has 0 aliphatic rings. The van der Waals surface area contributed by atoms with Gasteiger partial charge in [0.2, 0.25) is 0 Å². The Kier molecular flexibility index (Phi) is 3.10. The van der Waals surface area contributed by atoms with Crippen molar-refractivity contribution >= 4 is 0 Å². The van der Waals surface area contributed by atoms with E-state index in [1.165, 1.54) is 5.56 Å². The van der Waals surface area contributed by atoms with E-state index in [1.54, 1.807) is 6.26 Å². The summed E-state index contributed by atoms with van der Waals surface area (Å²) in [4.78, 5) is 4.32. The Morgan fingerprint density at radius 2 is 2.38 bits per heavy atom. The highest BCUT2D eigenvalue weighted by atomic mass is 16.3. The Labute approximate surface area is 95.3 Å². The zero-order valence-electron chi connectivity index (χ0n) is 9.90. The van der Waals surface area contributed by atoms with Crippen molar-refractivity contribution in [2.75, 3.05) is 7.05 Å². The van der Waals surface area contributed by atoms with Gasteiger partial charge < -0.3 is 14.3 Å². The fourth-order valence-corrected chi connectivity index (χ4v) is 1.84. The van der Waals surface area contributed by atoms with Crippen LogP contribution in [0.5, 0.6) is 0 Å². The van der Waals surface area contributed by atoms with E-state index < -0.39 is 0 Å². The number of likely N-dealkylation sites (N-methyl/N-ethyl adjacent to an activating group) is 1. The van der Waals surface area contributed by atoms with Crippen molar-refractivity contribution in [2.45, 2.75) is 19.4 Å². The molecule has 1 unspecified atom stereocenters. The lowest BCUT2D eigenvalue weighted by Gasteiger charge is -2.14. The quantitative estimate of drug-likeness (QED) is 0.853. The first-order valence-electron chi connectivity index (χ1n) is 5.40. The number of nitrogens with zero attached hydrogens (tertiary/aromatic N) is 2. The second-order valence-corrected chi connectivity index (χ2v) is 3.97. The topological polar surface area (TPSA) is 43.0 Å². The van der Waals surface area contributed by atoms with Crippen LogP contribution in [0.1, 0.15) is 23.2 Å². The lowest BCUT2D eigenvalue weighted by Crippen LogP contribution is -2.20. The standard InChI is InChI=1S/C12H17N3O/c1-9-4-7-16-12(9)10(13-2)8-11-14-5-6-15(11)3/h4-7,10,13H,8H2,1-3H3. The molecule has 4 heteroatoms. The lowest BCUT2D eigenvalue weighted by molar-refractivity contribution is 0.420. The van der Waals surface area contributed by atoms with E-state index in [0.717, 1.165) is 18.0 Å². The maximum atomic E-state index is 5.51. The predicted octanol–water partition coefficient (Wildman–Crippen LogP) is 1.82. The molecule has 0 saturated carbocycles. The first kappa shape index (κ1) is 11.0. The monoisotopic (exact) mass is 219 g/mol. The molecule has 86 valence electrons. The van der Waals surface area contributed by atoms with Crippen LogP contribution < -0.4 is 5.32 Å². The van der Waals surface area contributed by atoms with Crippen LogP contribution in [-0.2, 0) is 13.5 Å². The van der Waals surface area contributed by atoms with Crippen LogP contribution >= 0.6 is 0 Å². The molecule has 0 spiro atoms. The van der Waals surface area contributed by atoms with Gasteiger partial charge in [-0.15, -0.1) is 0 Å². The molecular formula is C12H17N3O. The second kappa shape index (κ2) is 4.53. The summed E-state index contributed by atoms with van der Waals surface area (Å²) in [6.45, 7) is 2.06. The SMILES string of the molecule is CNC(Cc1nccn1C)c1occc1C. The number of aryl methyl sites for hydroxylation is 2. The molecule has 1 atom stereocenters. The number of furan rings is 1. The average molecular weight is 219 g/mol. The van der Waals surface area contributed by atoms with E-state index in [1.807, 2.05) is 37.1 Å². The molecule has 16 heavy (non-hydrogen) atoms. The Hall–Kier alpha value is -1.55. The molecule has 0 saturated heterocycles. The summed E-state index contributed by atoms with van der Waals surface area (Å²) in [5.41, 5.74) is 1.17. The zero-order valence-corrected chi connectivity index (χ0v) is 9.90. The molecule has 0 fully saturated rings. The summed E-state index contributed by atoms with van der Waals surface area (Å²) in [6, 6.07) is 2.16. The molecule has 0 aromatic carbocycles. The van der Waals surface area contributed by atoms with Crippen LogP contribution in [0, 0.1) is 6.92 Å². The van der Waals surface area contributed by atoms with Crippen LogP contribution in [0.25, 0.3) is 0 Å². The van der Waals surface area contributed by atoms with Crippen LogP contribution in [0.3, 0.4) is 0 Å². The molecule has 2 aromatic heterocycles. The Balaban J connectivity index is 2.19. The highest BCUT2D eigenvalue weighted by Crippen LogP contribution is 2.21. The summed E-state index contributed by atoms with van der Waals surface area (Å²) < 4.78 is 7.54. The third kappa shape index (κ3) is 2.02. The van der Waals surface area contributed by atoms with Gasteiger partial charge >= 0.3 is 0 Å². The van der Waals surface area contributed by atoms with Crippen molar-refractivity contribution in [3.63, 3.8) is 0 Å². The van der Waals surface area contributed by atoms with Gasteiger partial charge in [0.1, 0.15) is 11.6 Å². The number of hydrogen-bond acceptors (Lipinski definition) is 3. The molecule has 0 amide bonds. The molecule has 2 heterocycles. The van der Waals surface area contributed by atoms with Gasteiger partial charge in [-0.05, 0) is 25.6 Å². The van der Waals surface area contributed by atoms with Crippen molar-refractivity contribution in [3.8, 4) is 0 Å². The van der Waals surface area contributed by atoms with Gasteiger partial charge in [0.25, 0.3) is 0 Å². The number of hydrogen-bond donors (Lipinski definition) is 1. The van der Waals surface area contributed by atoms with E-state index in [9.17, 15) is 0 Å². The minimum absolute atomic E-state index is 0.177. The van der Waals surface area contributed by atoms with Crippen LogP contribution in [0.15, 0.2) is 29.1 Å². The lowest BCUT2D eigenvalue weighted by atomic mass is 10.1. The van der Waals surface area contributed by atoms with Gasteiger partial charge in [-0.2, -0.15) is 0 Å². The second-order valence-electron chi connectivity index (χ2n) is 3.97. The van der Waals surface area contributed by atoms with Gasteiger partial charge in [-0.3, -0.25) is 0 Å². The summed E-state index contributed by atoms with van der Waals surface area (Å²) in [7, 11) is 3.94. The summed E-state index contributed by atoms with van der Waals surface area (Å²) in [5.74, 6) is 2.04. The molecule has 2 aromatic rings. The van der Waals surface area contributed by atoms with Crippen molar-refractivity contribution < 1.29 is 4.42 Å². The number of aromatic nitrogens is 2. The third-order valence-electron chi connectivity index (χ3n) is 2.87. The summed E-state index contributed by atoms with van der Waals surface area (Å²) in [5, 5.41) is 3.26. The maximum Gasteiger partial charge on any atom is 0.124 e. The first-order chi connectivity index (χ1) is 7.72. The highest BCUT2D eigenvalue weighted by molar-refractivity contribution is 5.19. The van der Waals surface area contributed by atoms with Gasteiger partial charge in [0.05, 0.1) is 12.3 Å². The normalized spacial score (nSPS) is 12.9. The minimum Gasteiger partial charge on any atom is -0.467 e. The predicted molar refractivity (Wildman–Crippen MR) is 62.2 cm³/mol. The molecule has 0 radical (unpaired) electrons. The first-order valence-corrected chi connectivity index (χ1v) is 5.40. The Bertz CT molecular complexity index is 458. The Morgan fingerprint density at radius 1 is 1.56 bits per heavy atom. The smallest absolute Gasteiger partial charge is 0.124 e. The van der Waals surface area contributed by atoms with Crippen molar-refractivity contribution in [3.05, 3.63) is 41.9 Å². The Morgan fingerprint density at radius 3 is 2.88 bits per heavy atom.